The van der Waals surface area contributed by atoms with Crippen LogP contribution in [0.2, 0.25) is 0 Å². The number of thiophene rings is 1. The van der Waals surface area contributed by atoms with Gasteiger partial charge in [-0.1, -0.05) is 0 Å². The van der Waals surface area contributed by atoms with Crippen molar-refractivity contribution in [3.63, 3.8) is 0 Å². The van der Waals surface area contributed by atoms with E-state index in [-0.39, 0.29) is 6.61 Å². The van der Waals surface area contributed by atoms with Gasteiger partial charge in [0.15, 0.2) is 0 Å². The molecule has 0 atom stereocenters. The van der Waals surface area contributed by atoms with Gasteiger partial charge in [0.25, 0.3) is 0 Å². The number of anilines is 1. The summed E-state index contributed by atoms with van der Waals surface area (Å²) in [6.45, 7) is 3.04. The molecule has 0 aliphatic heterocycles. The van der Waals surface area contributed by atoms with Gasteiger partial charge in [0.05, 0.1) is 0 Å². The van der Waals surface area contributed by atoms with Gasteiger partial charge < -0.3 is 10.0 Å². The van der Waals surface area contributed by atoms with Crippen LogP contribution in [-0.2, 0) is 0 Å². The van der Waals surface area contributed by atoms with Crippen molar-refractivity contribution in [3.05, 3.63) is 29.4 Å². The SMILES string of the molecule is Cc1ccsc1-c1cnc(N(C)CCCO)nc1. The minimum absolute atomic E-state index is 0.191. The van der Waals surface area contributed by atoms with E-state index in [1.807, 2.05) is 24.3 Å². The van der Waals surface area contributed by atoms with E-state index in [1.165, 1.54) is 10.4 Å². The fourth-order valence-corrected chi connectivity index (χ4v) is 2.62. The molecule has 0 saturated heterocycles. The maximum atomic E-state index is 8.80. The van der Waals surface area contributed by atoms with Crippen LogP contribution in [0, 0.1) is 6.92 Å². The first-order valence-corrected chi connectivity index (χ1v) is 6.79. The Hall–Kier alpha value is -1.46. The van der Waals surface area contributed by atoms with Crippen LogP contribution in [0.5, 0.6) is 0 Å². The third kappa shape index (κ3) is 2.86. The summed E-state index contributed by atoms with van der Waals surface area (Å²) in [6.07, 6.45) is 4.44. The maximum Gasteiger partial charge on any atom is 0.225 e. The second-order valence-corrected chi connectivity index (χ2v) is 5.12. The second-order valence-electron chi connectivity index (χ2n) is 4.20. The number of hydrogen-bond acceptors (Lipinski definition) is 5. The predicted octanol–water partition coefficient (Wildman–Crippen LogP) is 2.33. The zero-order valence-corrected chi connectivity index (χ0v) is 11.4. The van der Waals surface area contributed by atoms with Crippen molar-refractivity contribution in [3.8, 4) is 10.4 Å². The summed E-state index contributed by atoms with van der Waals surface area (Å²) in [7, 11) is 1.93. The number of aromatic nitrogens is 2. The monoisotopic (exact) mass is 263 g/mol. The van der Waals surface area contributed by atoms with E-state index >= 15 is 0 Å². The molecule has 2 aromatic heterocycles. The summed E-state index contributed by atoms with van der Waals surface area (Å²) in [5.74, 6) is 0.696. The van der Waals surface area contributed by atoms with Gasteiger partial charge in [-0.3, -0.25) is 0 Å². The molecule has 2 rings (SSSR count). The van der Waals surface area contributed by atoms with E-state index in [0.717, 1.165) is 18.5 Å². The number of aliphatic hydroxyl groups is 1. The molecule has 0 aliphatic carbocycles. The fraction of sp³-hybridized carbons (Fsp3) is 0.385. The number of nitrogens with zero attached hydrogens (tertiary/aromatic N) is 3. The van der Waals surface area contributed by atoms with Gasteiger partial charge in [-0.25, -0.2) is 9.97 Å². The van der Waals surface area contributed by atoms with Crippen LogP contribution in [0.4, 0.5) is 5.95 Å². The van der Waals surface area contributed by atoms with E-state index in [2.05, 4.69) is 28.3 Å². The van der Waals surface area contributed by atoms with Gasteiger partial charge in [-0.05, 0) is 30.4 Å². The molecule has 4 nitrogen and oxygen atoms in total. The van der Waals surface area contributed by atoms with Crippen molar-refractivity contribution in [2.75, 3.05) is 25.1 Å². The van der Waals surface area contributed by atoms with Crippen LogP contribution in [-0.4, -0.2) is 35.3 Å². The van der Waals surface area contributed by atoms with Gasteiger partial charge in [-0.15, -0.1) is 11.3 Å². The molecule has 96 valence electrons. The average Bonchev–Trinajstić information content (AvgIpc) is 2.82. The zero-order valence-electron chi connectivity index (χ0n) is 10.6. The number of hydrogen-bond donors (Lipinski definition) is 1. The lowest BCUT2D eigenvalue weighted by atomic mass is 10.2. The highest BCUT2D eigenvalue weighted by Gasteiger charge is 2.07. The van der Waals surface area contributed by atoms with Crippen LogP contribution in [0.1, 0.15) is 12.0 Å². The summed E-state index contributed by atoms with van der Waals surface area (Å²) < 4.78 is 0. The van der Waals surface area contributed by atoms with Gasteiger partial charge in [0.2, 0.25) is 5.95 Å². The highest BCUT2D eigenvalue weighted by Crippen LogP contribution is 2.28. The molecule has 0 amide bonds. The summed E-state index contributed by atoms with van der Waals surface area (Å²) in [6, 6.07) is 2.10. The molecule has 5 heteroatoms. The van der Waals surface area contributed by atoms with Gasteiger partial charge >= 0.3 is 0 Å². The highest BCUT2D eigenvalue weighted by molar-refractivity contribution is 7.13. The van der Waals surface area contributed by atoms with Crippen molar-refractivity contribution < 1.29 is 5.11 Å². The lowest BCUT2D eigenvalue weighted by molar-refractivity contribution is 0.290. The Morgan fingerprint density at radius 3 is 2.61 bits per heavy atom. The molecule has 0 saturated carbocycles. The fourth-order valence-electron chi connectivity index (χ4n) is 1.71. The Bertz CT molecular complexity index is 495. The normalized spacial score (nSPS) is 10.6. The van der Waals surface area contributed by atoms with Crippen LogP contribution in [0.3, 0.4) is 0 Å². The highest BCUT2D eigenvalue weighted by atomic mass is 32.1. The van der Waals surface area contributed by atoms with E-state index in [4.69, 9.17) is 5.11 Å². The number of rotatable bonds is 5. The largest absolute Gasteiger partial charge is 0.396 e. The summed E-state index contributed by atoms with van der Waals surface area (Å²) >= 11 is 1.70. The standard InChI is InChI=1S/C13H17N3OS/c1-10-4-7-18-12(10)11-8-14-13(15-9-11)16(2)5-3-6-17/h4,7-9,17H,3,5-6H2,1-2H3. The first-order chi connectivity index (χ1) is 8.72. The summed E-state index contributed by atoms with van der Waals surface area (Å²) in [4.78, 5) is 11.9. The molecule has 0 aliphatic rings. The molecule has 0 fully saturated rings. The summed E-state index contributed by atoms with van der Waals surface area (Å²) in [5, 5.41) is 10.9. The minimum atomic E-state index is 0.191. The molecule has 0 spiro atoms. The molecular weight excluding hydrogens is 246 g/mol. The Kier molecular flexibility index (Phi) is 4.28. The van der Waals surface area contributed by atoms with Crippen molar-refractivity contribution in [1.29, 1.82) is 0 Å². The zero-order chi connectivity index (χ0) is 13.0. The van der Waals surface area contributed by atoms with Crippen LogP contribution in [0.25, 0.3) is 10.4 Å². The Morgan fingerprint density at radius 1 is 1.33 bits per heavy atom. The third-order valence-electron chi connectivity index (χ3n) is 2.76. The molecule has 0 unspecified atom stereocenters. The van der Waals surface area contributed by atoms with Crippen molar-refractivity contribution >= 4 is 17.3 Å². The predicted molar refractivity (Wildman–Crippen MR) is 75.1 cm³/mol. The molecule has 0 radical (unpaired) electrons. The van der Waals surface area contributed by atoms with Gasteiger partial charge in [-0.2, -0.15) is 0 Å². The van der Waals surface area contributed by atoms with Gasteiger partial charge in [0.1, 0.15) is 0 Å². The molecule has 18 heavy (non-hydrogen) atoms. The van der Waals surface area contributed by atoms with E-state index in [1.54, 1.807) is 11.3 Å². The molecule has 1 N–H and O–H groups in total. The molecule has 0 aromatic carbocycles. The Morgan fingerprint density at radius 2 is 2.06 bits per heavy atom. The van der Waals surface area contributed by atoms with Crippen molar-refractivity contribution in [2.24, 2.45) is 0 Å². The molecular formula is C13H17N3OS. The number of aliphatic hydroxyl groups excluding tert-OH is 1. The van der Waals surface area contributed by atoms with Crippen LogP contribution >= 0.6 is 11.3 Å². The van der Waals surface area contributed by atoms with E-state index in [0.29, 0.717) is 5.95 Å². The first-order valence-electron chi connectivity index (χ1n) is 5.91. The maximum absolute atomic E-state index is 8.80. The smallest absolute Gasteiger partial charge is 0.225 e. The molecule has 0 bridgehead atoms. The quantitative estimate of drug-likeness (QED) is 0.899. The Balaban J connectivity index is 2.13. The first kappa shape index (κ1) is 13.0. The third-order valence-corrected chi connectivity index (χ3v) is 3.82. The van der Waals surface area contributed by atoms with Crippen LogP contribution < -0.4 is 4.90 Å². The Labute approximate surface area is 111 Å². The minimum Gasteiger partial charge on any atom is -0.396 e. The van der Waals surface area contributed by atoms with E-state index < -0.39 is 0 Å². The van der Waals surface area contributed by atoms with E-state index in [9.17, 15) is 0 Å². The molecule has 2 aromatic rings. The summed E-state index contributed by atoms with van der Waals surface area (Å²) in [5.41, 5.74) is 2.31. The van der Waals surface area contributed by atoms with Crippen molar-refractivity contribution in [2.45, 2.75) is 13.3 Å². The van der Waals surface area contributed by atoms with Gasteiger partial charge in [0, 0.05) is 43.0 Å². The lowest BCUT2D eigenvalue weighted by Gasteiger charge is -2.16. The number of aryl methyl sites for hydroxylation is 1. The second kappa shape index (κ2) is 5.93. The average molecular weight is 263 g/mol. The van der Waals surface area contributed by atoms with Crippen LogP contribution in [0.15, 0.2) is 23.8 Å². The van der Waals surface area contributed by atoms with Crippen molar-refractivity contribution in [1.82, 2.24) is 9.97 Å². The topological polar surface area (TPSA) is 49.2 Å². The molecule has 2 heterocycles. The lowest BCUT2D eigenvalue weighted by Crippen LogP contribution is -2.21.